The standard InChI is InChI=1S/C15H20BrNO3/c1-19-12-5-6-13(14(8-12)20-2)15(18)17-7-3-4-11(9-16)10-17/h5-6,8,11H,3-4,7,9-10H2,1-2H3. The second-order valence-electron chi connectivity index (χ2n) is 4.98. The van der Waals surface area contributed by atoms with E-state index in [1.165, 1.54) is 6.42 Å². The van der Waals surface area contributed by atoms with E-state index in [2.05, 4.69) is 15.9 Å². The Morgan fingerprint density at radius 3 is 2.85 bits per heavy atom. The molecule has 0 radical (unpaired) electrons. The number of ether oxygens (including phenoxy) is 2. The van der Waals surface area contributed by atoms with E-state index in [0.717, 1.165) is 24.8 Å². The summed E-state index contributed by atoms with van der Waals surface area (Å²) in [6.45, 7) is 1.62. The molecule has 0 aromatic heterocycles. The van der Waals surface area contributed by atoms with Crippen molar-refractivity contribution in [3.63, 3.8) is 0 Å². The Morgan fingerprint density at radius 2 is 2.20 bits per heavy atom. The van der Waals surface area contributed by atoms with Crippen molar-refractivity contribution in [2.45, 2.75) is 12.8 Å². The van der Waals surface area contributed by atoms with Crippen LogP contribution in [-0.2, 0) is 0 Å². The van der Waals surface area contributed by atoms with E-state index in [1.54, 1.807) is 32.4 Å². The topological polar surface area (TPSA) is 38.8 Å². The zero-order valence-corrected chi connectivity index (χ0v) is 13.5. The number of methoxy groups -OCH3 is 2. The second kappa shape index (κ2) is 6.97. The van der Waals surface area contributed by atoms with E-state index in [4.69, 9.17) is 9.47 Å². The highest BCUT2D eigenvalue weighted by Crippen LogP contribution is 2.27. The van der Waals surface area contributed by atoms with Gasteiger partial charge in [0.15, 0.2) is 0 Å². The molecular weight excluding hydrogens is 322 g/mol. The van der Waals surface area contributed by atoms with Gasteiger partial charge < -0.3 is 14.4 Å². The summed E-state index contributed by atoms with van der Waals surface area (Å²) in [4.78, 5) is 14.5. The van der Waals surface area contributed by atoms with Gasteiger partial charge in [-0.1, -0.05) is 15.9 Å². The Morgan fingerprint density at radius 1 is 1.40 bits per heavy atom. The summed E-state index contributed by atoms with van der Waals surface area (Å²) in [5, 5.41) is 0.941. The number of carbonyl (C=O) groups is 1. The van der Waals surface area contributed by atoms with Crippen LogP contribution < -0.4 is 9.47 Å². The molecule has 1 aliphatic heterocycles. The number of carbonyl (C=O) groups excluding carboxylic acids is 1. The largest absolute Gasteiger partial charge is 0.497 e. The lowest BCUT2D eigenvalue weighted by molar-refractivity contribution is 0.0682. The van der Waals surface area contributed by atoms with Gasteiger partial charge in [0.25, 0.3) is 5.91 Å². The van der Waals surface area contributed by atoms with E-state index in [1.807, 2.05) is 4.90 Å². The van der Waals surface area contributed by atoms with Crippen molar-refractivity contribution in [3.8, 4) is 11.5 Å². The molecule has 1 aliphatic rings. The first-order valence-corrected chi connectivity index (χ1v) is 7.89. The molecule has 1 unspecified atom stereocenters. The predicted molar refractivity (Wildman–Crippen MR) is 82.0 cm³/mol. The minimum Gasteiger partial charge on any atom is -0.497 e. The third-order valence-corrected chi connectivity index (χ3v) is 4.58. The Bertz CT molecular complexity index is 478. The van der Waals surface area contributed by atoms with Crippen LogP contribution in [0.25, 0.3) is 0 Å². The molecule has 1 heterocycles. The van der Waals surface area contributed by atoms with Crippen molar-refractivity contribution < 1.29 is 14.3 Å². The van der Waals surface area contributed by atoms with Gasteiger partial charge in [0, 0.05) is 24.5 Å². The molecule has 1 atom stereocenters. The third kappa shape index (κ3) is 3.26. The molecule has 0 bridgehead atoms. The minimum absolute atomic E-state index is 0.0372. The zero-order valence-electron chi connectivity index (χ0n) is 11.9. The van der Waals surface area contributed by atoms with E-state index in [9.17, 15) is 4.79 Å². The third-order valence-electron chi connectivity index (χ3n) is 3.66. The minimum atomic E-state index is 0.0372. The number of piperidine rings is 1. The molecule has 0 N–H and O–H groups in total. The first-order chi connectivity index (χ1) is 9.69. The van der Waals surface area contributed by atoms with Crippen molar-refractivity contribution in [2.75, 3.05) is 32.6 Å². The van der Waals surface area contributed by atoms with Crippen LogP contribution in [0.1, 0.15) is 23.2 Å². The number of alkyl halides is 1. The summed E-state index contributed by atoms with van der Waals surface area (Å²) in [5.41, 5.74) is 0.600. The van der Waals surface area contributed by atoms with Crippen molar-refractivity contribution in [1.82, 2.24) is 4.90 Å². The van der Waals surface area contributed by atoms with Crippen LogP contribution in [0.5, 0.6) is 11.5 Å². The van der Waals surface area contributed by atoms with Crippen molar-refractivity contribution in [3.05, 3.63) is 23.8 Å². The molecule has 1 aromatic carbocycles. The maximum Gasteiger partial charge on any atom is 0.257 e. The molecule has 4 nitrogen and oxygen atoms in total. The van der Waals surface area contributed by atoms with Gasteiger partial charge >= 0.3 is 0 Å². The molecule has 1 fully saturated rings. The number of hydrogen-bond acceptors (Lipinski definition) is 3. The molecule has 5 heteroatoms. The van der Waals surface area contributed by atoms with E-state index >= 15 is 0 Å². The normalized spacial score (nSPS) is 18.8. The average Bonchev–Trinajstić information content (AvgIpc) is 2.53. The SMILES string of the molecule is COc1ccc(C(=O)N2CCCC(CBr)C2)c(OC)c1. The average molecular weight is 342 g/mol. The van der Waals surface area contributed by atoms with Gasteiger partial charge in [-0.2, -0.15) is 0 Å². The Hall–Kier alpha value is -1.23. The quantitative estimate of drug-likeness (QED) is 0.790. The Labute approximate surface area is 128 Å². The fourth-order valence-electron chi connectivity index (χ4n) is 2.52. The molecule has 1 amide bonds. The van der Waals surface area contributed by atoms with Gasteiger partial charge in [-0.15, -0.1) is 0 Å². The zero-order chi connectivity index (χ0) is 14.5. The van der Waals surface area contributed by atoms with Crippen LogP contribution in [-0.4, -0.2) is 43.4 Å². The molecule has 110 valence electrons. The van der Waals surface area contributed by atoms with Crippen LogP contribution >= 0.6 is 15.9 Å². The van der Waals surface area contributed by atoms with Gasteiger partial charge in [-0.05, 0) is 30.9 Å². The highest BCUT2D eigenvalue weighted by atomic mass is 79.9. The molecule has 0 spiro atoms. The highest BCUT2D eigenvalue weighted by Gasteiger charge is 2.25. The van der Waals surface area contributed by atoms with Gasteiger partial charge in [0.2, 0.25) is 0 Å². The van der Waals surface area contributed by atoms with Crippen LogP contribution in [0, 0.1) is 5.92 Å². The molecule has 2 rings (SSSR count). The summed E-state index contributed by atoms with van der Waals surface area (Å²) < 4.78 is 10.5. The van der Waals surface area contributed by atoms with Gasteiger partial charge in [-0.3, -0.25) is 4.79 Å². The lowest BCUT2D eigenvalue weighted by atomic mass is 9.99. The van der Waals surface area contributed by atoms with Crippen molar-refractivity contribution in [2.24, 2.45) is 5.92 Å². The van der Waals surface area contributed by atoms with E-state index in [-0.39, 0.29) is 5.91 Å². The maximum atomic E-state index is 12.6. The number of amides is 1. The van der Waals surface area contributed by atoms with Crippen LogP contribution in [0.15, 0.2) is 18.2 Å². The number of likely N-dealkylation sites (tertiary alicyclic amines) is 1. The summed E-state index contributed by atoms with van der Waals surface area (Å²) in [6, 6.07) is 5.32. The number of hydrogen-bond donors (Lipinski definition) is 0. The molecule has 1 saturated heterocycles. The monoisotopic (exact) mass is 341 g/mol. The number of rotatable bonds is 4. The highest BCUT2D eigenvalue weighted by molar-refractivity contribution is 9.09. The fourth-order valence-corrected chi connectivity index (χ4v) is 3.05. The number of benzene rings is 1. The molecular formula is C15H20BrNO3. The van der Waals surface area contributed by atoms with Gasteiger partial charge in [0.1, 0.15) is 11.5 Å². The molecule has 20 heavy (non-hydrogen) atoms. The summed E-state index contributed by atoms with van der Waals surface area (Å²) in [7, 11) is 3.17. The maximum absolute atomic E-state index is 12.6. The summed E-state index contributed by atoms with van der Waals surface area (Å²) in [5.74, 6) is 1.83. The lowest BCUT2D eigenvalue weighted by Crippen LogP contribution is -2.40. The second-order valence-corrected chi connectivity index (χ2v) is 5.63. The first-order valence-electron chi connectivity index (χ1n) is 6.76. The molecule has 0 aliphatic carbocycles. The van der Waals surface area contributed by atoms with Crippen LogP contribution in [0.4, 0.5) is 0 Å². The number of halogens is 1. The number of nitrogens with zero attached hydrogens (tertiary/aromatic N) is 1. The van der Waals surface area contributed by atoms with Crippen molar-refractivity contribution in [1.29, 1.82) is 0 Å². The van der Waals surface area contributed by atoms with Crippen LogP contribution in [0.2, 0.25) is 0 Å². The van der Waals surface area contributed by atoms with E-state index in [0.29, 0.717) is 23.0 Å². The first kappa shape index (κ1) is 15.2. The fraction of sp³-hybridized carbons (Fsp3) is 0.533. The Kier molecular flexibility index (Phi) is 5.29. The molecule has 1 aromatic rings. The molecule has 0 saturated carbocycles. The van der Waals surface area contributed by atoms with Gasteiger partial charge in [-0.25, -0.2) is 0 Å². The van der Waals surface area contributed by atoms with Crippen molar-refractivity contribution >= 4 is 21.8 Å². The van der Waals surface area contributed by atoms with Gasteiger partial charge in [0.05, 0.1) is 19.8 Å². The summed E-state index contributed by atoms with van der Waals surface area (Å²) >= 11 is 3.51. The summed E-state index contributed by atoms with van der Waals surface area (Å²) in [6.07, 6.45) is 2.23. The Balaban J connectivity index is 2.19. The smallest absolute Gasteiger partial charge is 0.257 e. The van der Waals surface area contributed by atoms with Crippen LogP contribution in [0.3, 0.4) is 0 Å². The lowest BCUT2D eigenvalue weighted by Gasteiger charge is -2.32. The predicted octanol–water partition coefficient (Wildman–Crippen LogP) is 2.95. The van der Waals surface area contributed by atoms with E-state index < -0.39 is 0 Å².